The van der Waals surface area contributed by atoms with Gasteiger partial charge in [-0.1, -0.05) is 24.3 Å². The van der Waals surface area contributed by atoms with Gasteiger partial charge in [-0.25, -0.2) is 0 Å². The lowest BCUT2D eigenvalue weighted by Crippen LogP contribution is -2.24. The van der Waals surface area contributed by atoms with E-state index in [2.05, 4.69) is 16.5 Å². The number of carbonyl (C=O) groups excluding carboxylic acids is 1. The van der Waals surface area contributed by atoms with Crippen molar-refractivity contribution in [1.82, 2.24) is 15.1 Å². The number of halogens is 1. The average Bonchev–Trinajstić information content (AvgIpc) is 2.97. The molecule has 114 valence electrons. The first-order valence-electron chi connectivity index (χ1n) is 6.80. The van der Waals surface area contributed by atoms with Crippen molar-refractivity contribution < 1.29 is 4.79 Å². The summed E-state index contributed by atoms with van der Waals surface area (Å²) in [5.41, 5.74) is 7.67. The number of hydrogen-bond acceptors (Lipinski definition) is 3. The van der Waals surface area contributed by atoms with E-state index in [1.807, 2.05) is 35.1 Å². The number of aromatic nitrogens is 2. The van der Waals surface area contributed by atoms with Crippen molar-refractivity contribution in [3.63, 3.8) is 0 Å². The third-order valence-corrected chi connectivity index (χ3v) is 3.09. The van der Waals surface area contributed by atoms with Crippen molar-refractivity contribution >= 4 is 18.3 Å². The molecule has 0 atom stereocenters. The van der Waals surface area contributed by atoms with Crippen LogP contribution in [0.4, 0.5) is 0 Å². The molecule has 0 aliphatic heterocycles. The number of hydrogen-bond donors (Lipinski definition) is 2. The van der Waals surface area contributed by atoms with Gasteiger partial charge in [0.15, 0.2) is 0 Å². The smallest absolute Gasteiger partial charge is 0.220 e. The standard InChI is InChI=1S/C15H20N4O.ClH/c16-8-3-7-15(20)17-11-13-5-1-2-6-14(13)12-19-10-4-9-18-19;/h1-2,4-6,9-10H,3,7-8,11-12,16H2,(H,17,20);1H. The fourth-order valence-electron chi connectivity index (χ4n) is 2.00. The highest BCUT2D eigenvalue weighted by atomic mass is 35.5. The van der Waals surface area contributed by atoms with Crippen molar-refractivity contribution in [2.45, 2.75) is 25.9 Å². The number of nitrogens with one attached hydrogen (secondary N) is 1. The number of nitrogens with two attached hydrogens (primary N) is 1. The quantitative estimate of drug-likeness (QED) is 0.818. The van der Waals surface area contributed by atoms with E-state index in [1.54, 1.807) is 6.20 Å². The minimum Gasteiger partial charge on any atom is -0.352 e. The van der Waals surface area contributed by atoms with Crippen LogP contribution in [0, 0.1) is 0 Å². The van der Waals surface area contributed by atoms with Gasteiger partial charge < -0.3 is 11.1 Å². The third kappa shape index (κ3) is 5.57. The highest BCUT2D eigenvalue weighted by Crippen LogP contribution is 2.10. The first-order valence-corrected chi connectivity index (χ1v) is 6.80. The van der Waals surface area contributed by atoms with Gasteiger partial charge in [-0.3, -0.25) is 9.48 Å². The van der Waals surface area contributed by atoms with Gasteiger partial charge in [0.2, 0.25) is 5.91 Å². The molecule has 0 unspecified atom stereocenters. The van der Waals surface area contributed by atoms with Crippen LogP contribution in [-0.4, -0.2) is 22.2 Å². The van der Waals surface area contributed by atoms with E-state index < -0.39 is 0 Å². The van der Waals surface area contributed by atoms with E-state index in [0.29, 0.717) is 26.1 Å². The van der Waals surface area contributed by atoms with E-state index in [9.17, 15) is 4.79 Å². The molecule has 0 bridgehead atoms. The van der Waals surface area contributed by atoms with E-state index in [4.69, 9.17) is 5.73 Å². The summed E-state index contributed by atoms with van der Waals surface area (Å²) in [6, 6.07) is 9.97. The Balaban J connectivity index is 0.00000220. The molecular weight excluding hydrogens is 288 g/mol. The van der Waals surface area contributed by atoms with Gasteiger partial charge in [0.1, 0.15) is 0 Å². The predicted molar refractivity (Wildman–Crippen MR) is 85.2 cm³/mol. The zero-order valence-corrected chi connectivity index (χ0v) is 12.7. The van der Waals surface area contributed by atoms with Crippen molar-refractivity contribution in [1.29, 1.82) is 0 Å². The van der Waals surface area contributed by atoms with Gasteiger partial charge in [-0.15, -0.1) is 12.4 Å². The van der Waals surface area contributed by atoms with Crippen LogP contribution in [0.1, 0.15) is 24.0 Å². The molecule has 0 aliphatic rings. The Kier molecular flexibility index (Phi) is 7.50. The van der Waals surface area contributed by atoms with E-state index >= 15 is 0 Å². The Morgan fingerprint density at radius 1 is 1.24 bits per heavy atom. The van der Waals surface area contributed by atoms with Crippen molar-refractivity contribution in [3.05, 3.63) is 53.9 Å². The molecule has 1 aromatic carbocycles. The molecule has 0 aliphatic carbocycles. The van der Waals surface area contributed by atoms with Crippen LogP contribution >= 0.6 is 12.4 Å². The Morgan fingerprint density at radius 3 is 2.67 bits per heavy atom. The summed E-state index contributed by atoms with van der Waals surface area (Å²) in [5.74, 6) is 0.0457. The van der Waals surface area contributed by atoms with Gasteiger partial charge in [0.05, 0.1) is 6.54 Å². The second-order valence-corrected chi connectivity index (χ2v) is 4.64. The topological polar surface area (TPSA) is 72.9 Å². The molecule has 5 nitrogen and oxygen atoms in total. The van der Waals surface area contributed by atoms with Gasteiger partial charge in [-0.2, -0.15) is 5.10 Å². The van der Waals surface area contributed by atoms with E-state index in [-0.39, 0.29) is 18.3 Å². The van der Waals surface area contributed by atoms with Gasteiger partial charge in [0.25, 0.3) is 0 Å². The summed E-state index contributed by atoms with van der Waals surface area (Å²) in [4.78, 5) is 11.6. The predicted octanol–water partition coefficient (Wildman–Crippen LogP) is 1.71. The molecule has 1 aromatic heterocycles. The Morgan fingerprint density at radius 2 is 2.00 bits per heavy atom. The van der Waals surface area contributed by atoms with Crippen molar-refractivity contribution in [2.24, 2.45) is 5.73 Å². The average molecular weight is 309 g/mol. The number of amides is 1. The van der Waals surface area contributed by atoms with Gasteiger partial charge in [-0.05, 0) is 30.2 Å². The molecule has 2 rings (SSSR count). The monoisotopic (exact) mass is 308 g/mol. The molecular formula is C15H21ClN4O. The maximum absolute atomic E-state index is 11.6. The zero-order chi connectivity index (χ0) is 14.2. The zero-order valence-electron chi connectivity index (χ0n) is 11.9. The molecule has 0 radical (unpaired) electrons. The largest absolute Gasteiger partial charge is 0.352 e. The van der Waals surface area contributed by atoms with E-state index in [1.165, 1.54) is 0 Å². The molecule has 1 heterocycles. The molecule has 3 N–H and O–H groups in total. The molecule has 0 fully saturated rings. The summed E-state index contributed by atoms with van der Waals surface area (Å²) < 4.78 is 1.87. The van der Waals surface area contributed by atoms with Crippen LogP contribution in [0.3, 0.4) is 0 Å². The first kappa shape index (κ1) is 17.2. The molecule has 0 saturated carbocycles. The lowest BCUT2D eigenvalue weighted by Gasteiger charge is -2.11. The molecule has 21 heavy (non-hydrogen) atoms. The minimum absolute atomic E-state index is 0. The second kappa shape index (κ2) is 9.15. The first-order chi connectivity index (χ1) is 9.79. The van der Waals surface area contributed by atoms with Gasteiger partial charge >= 0.3 is 0 Å². The molecule has 0 saturated heterocycles. The maximum Gasteiger partial charge on any atom is 0.220 e. The highest BCUT2D eigenvalue weighted by molar-refractivity contribution is 5.85. The van der Waals surface area contributed by atoms with Crippen LogP contribution in [0.2, 0.25) is 0 Å². The van der Waals surface area contributed by atoms with E-state index in [0.717, 1.165) is 17.5 Å². The lowest BCUT2D eigenvalue weighted by atomic mass is 10.1. The SMILES string of the molecule is Cl.NCCCC(=O)NCc1ccccc1Cn1cccn1. The molecule has 2 aromatic rings. The summed E-state index contributed by atoms with van der Waals surface area (Å²) >= 11 is 0. The number of nitrogens with zero attached hydrogens (tertiary/aromatic N) is 2. The van der Waals surface area contributed by atoms with Crippen LogP contribution in [0.5, 0.6) is 0 Å². The van der Waals surface area contributed by atoms with Crippen LogP contribution in [-0.2, 0) is 17.9 Å². The Labute approximate surface area is 130 Å². The lowest BCUT2D eigenvalue weighted by molar-refractivity contribution is -0.121. The molecule has 6 heteroatoms. The molecule has 1 amide bonds. The van der Waals surface area contributed by atoms with Gasteiger partial charge in [0, 0.05) is 25.4 Å². The summed E-state index contributed by atoms with van der Waals surface area (Å²) in [5, 5.41) is 7.13. The summed E-state index contributed by atoms with van der Waals surface area (Å²) in [6.45, 7) is 1.80. The Hall–Kier alpha value is -1.85. The van der Waals surface area contributed by atoms with Crippen molar-refractivity contribution in [2.75, 3.05) is 6.54 Å². The second-order valence-electron chi connectivity index (χ2n) is 4.64. The highest BCUT2D eigenvalue weighted by Gasteiger charge is 2.05. The fourth-order valence-corrected chi connectivity index (χ4v) is 2.00. The van der Waals surface area contributed by atoms with Crippen LogP contribution in [0.25, 0.3) is 0 Å². The third-order valence-electron chi connectivity index (χ3n) is 3.09. The molecule has 0 spiro atoms. The minimum atomic E-state index is 0. The van der Waals surface area contributed by atoms with Crippen molar-refractivity contribution in [3.8, 4) is 0 Å². The Bertz CT molecular complexity index is 542. The summed E-state index contributed by atoms with van der Waals surface area (Å²) in [7, 11) is 0. The van der Waals surface area contributed by atoms with Crippen LogP contribution < -0.4 is 11.1 Å². The van der Waals surface area contributed by atoms with Crippen LogP contribution in [0.15, 0.2) is 42.7 Å². The fraction of sp³-hybridized carbons (Fsp3) is 0.333. The maximum atomic E-state index is 11.6. The number of carbonyl (C=O) groups is 1. The normalized spacial score (nSPS) is 9.95. The number of benzene rings is 1. The number of rotatable bonds is 7. The summed E-state index contributed by atoms with van der Waals surface area (Å²) in [6.07, 6.45) is 4.90.